The predicted octanol–water partition coefficient (Wildman–Crippen LogP) is 0.325. The maximum Gasteiger partial charge on any atom is 0.324 e. The molecule has 0 amide bonds. The molecule has 1 aromatic rings. The van der Waals surface area contributed by atoms with Crippen molar-refractivity contribution in [2.24, 2.45) is 0 Å². The van der Waals surface area contributed by atoms with E-state index in [0.717, 1.165) is 26.1 Å². The SMILES string of the molecule is CCCNCCN(C)c1nc(OC)nc(OC)n1. The number of ether oxygens (including phenoxy) is 2. The van der Waals surface area contributed by atoms with Crippen LogP contribution in [0.25, 0.3) is 0 Å². The lowest BCUT2D eigenvalue weighted by Crippen LogP contribution is -2.30. The first-order valence-electron chi connectivity index (χ1n) is 5.97. The summed E-state index contributed by atoms with van der Waals surface area (Å²) in [4.78, 5) is 14.2. The molecule has 7 nitrogen and oxygen atoms in total. The van der Waals surface area contributed by atoms with Gasteiger partial charge in [0.15, 0.2) is 0 Å². The van der Waals surface area contributed by atoms with Crippen LogP contribution in [-0.2, 0) is 0 Å². The number of methoxy groups -OCH3 is 2. The number of nitrogens with zero attached hydrogens (tertiary/aromatic N) is 4. The molecule has 7 heteroatoms. The zero-order valence-electron chi connectivity index (χ0n) is 11.4. The van der Waals surface area contributed by atoms with Crippen LogP contribution in [0.2, 0.25) is 0 Å². The van der Waals surface area contributed by atoms with Gasteiger partial charge in [-0.05, 0) is 13.0 Å². The average molecular weight is 255 g/mol. The molecule has 0 radical (unpaired) electrons. The molecule has 1 rings (SSSR count). The molecule has 0 aliphatic rings. The van der Waals surface area contributed by atoms with Crippen LogP contribution in [0.3, 0.4) is 0 Å². The molecule has 0 aromatic carbocycles. The molecular formula is C11H21N5O2. The van der Waals surface area contributed by atoms with E-state index in [2.05, 4.69) is 27.2 Å². The smallest absolute Gasteiger partial charge is 0.324 e. The maximum absolute atomic E-state index is 5.01. The van der Waals surface area contributed by atoms with Gasteiger partial charge in [-0.25, -0.2) is 0 Å². The molecule has 0 aliphatic carbocycles. The number of likely N-dealkylation sites (N-methyl/N-ethyl adjacent to an activating group) is 1. The maximum atomic E-state index is 5.01. The molecular weight excluding hydrogens is 234 g/mol. The minimum atomic E-state index is 0.255. The molecule has 0 bridgehead atoms. The van der Waals surface area contributed by atoms with Gasteiger partial charge in [0.1, 0.15) is 0 Å². The van der Waals surface area contributed by atoms with E-state index in [1.54, 1.807) is 0 Å². The Hall–Kier alpha value is -1.63. The number of anilines is 1. The van der Waals surface area contributed by atoms with E-state index in [4.69, 9.17) is 9.47 Å². The van der Waals surface area contributed by atoms with Crippen LogP contribution in [0.4, 0.5) is 5.95 Å². The molecule has 0 unspecified atom stereocenters. The molecule has 102 valence electrons. The van der Waals surface area contributed by atoms with Crippen LogP contribution in [0.1, 0.15) is 13.3 Å². The Labute approximate surface area is 108 Å². The highest BCUT2D eigenvalue weighted by Gasteiger charge is 2.10. The van der Waals surface area contributed by atoms with Crippen molar-refractivity contribution in [1.82, 2.24) is 20.3 Å². The average Bonchev–Trinajstić information content (AvgIpc) is 2.42. The summed E-state index contributed by atoms with van der Waals surface area (Å²) >= 11 is 0. The summed E-state index contributed by atoms with van der Waals surface area (Å²) in [5.74, 6) is 0.539. The first-order valence-corrected chi connectivity index (χ1v) is 5.97. The first-order chi connectivity index (χ1) is 8.71. The number of hydrogen-bond acceptors (Lipinski definition) is 7. The molecule has 0 saturated heterocycles. The summed E-state index contributed by atoms with van der Waals surface area (Å²) in [6.45, 7) is 4.83. The van der Waals surface area contributed by atoms with Gasteiger partial charge in [-0.15, -0.1) is 4.98 Å². The quantitative estimate of drug-likeness (QED) is 0.671. The second-order valence-electron chi connectivity index (χ2n) is 3.78. The van der Waals surface area contributed by atoms with Crippen molar-refractivity contribution in [2.45, 2.75) is 13.3 Å². The summed E-state index contributed by atoms with van der Waals surface area (Å²) < 4.78 is 10.0. The number of aromatic nitrogens is 3. The Bertz CT molecular complexity index is 339. The second kappa shape index (κ2) is 7.65. The van der Waals surface area contributed by atoms with E-state index in [1.165, 1.54) is 14.2 Å². The molecule has 1 heterocycles. The fourth-order valence-corrected chi connectivity index (χ4v) is 1.33. The highest BCUT2D eigenvalue weighted by atomic mass is 16.5. The van der Waals surface area contributed by atoms with E-state index in [1.807, 2.05) is 11.9 Å². The zero-order valence-corrected chi connectivity index (χ0v) is 11.4. The van der Waals surface area contributed by atoms with Crippen LogP contribution in [0, 0.1) is 0 Å². The molecule has 0 spiro atoms. The van der Waals surface area contributed by atoms with Crippen molar-refractivity contribution in [2.75, 3.05) is 45.8 Å². The van der Waals surface area contributed by atoms with E-state index >= 15 is 0 Å². The minimum Gasteiger partial charge on any atom is -0.467 e. The standard InChI is InChI=1S/C11H21N5O2/c1-5-6-12-7-8-16(2)9-13-10(17-3)15-11(14-9)18-4/h12H,5-8H2,1-4H3. The predicted molar refractivity (Wildman–Crippen MR) is 69.4 cm³/mol. The Morgan fingerprint density at radius 2 is 1.67 bits per heavy atom. The molecule has 1 aromatic heterocycles. The van der Waals surface area contributed by atoms with Crippen molar-refractivity contribution in [3.8, 4) is 12.0 Å². The van der Waals surface area contributed by atoms with Gasteiger partial charge in [0.2, 0.25) is 5.95 Å². The third-order valence-electron chi connectivity index (χ3n) is 2.34. The molecule has 18 heavy (non-hydrogen) atoms. The summed E-state index contributed by atoms with van der Waals surface area (Å²) in [6.07, 6.45) is 1.12. The summed E-state index contributed by atoms with van der Waals surface area (Å²) in [7, 11) is 4.95. The second-order valence-corrected chi connectivity index (χ2v) is 3.78. The van der Waals surface area contributed by atoms with Gasteiger partial charge < -0.3 is 19.7 Å². The highest BCUT2D eigenvalue weighted by molar-refractivity contribution is 5.30. The zero-order chi connectivity index (χ0) is 13.4. The number of hydrogen-bond donors (Lipinski definition) is 1. The van der Waals surface area contributed by atoms with Gasteiger partial charge in [0.05, 0.1) is 14.2 Å². The fourth-order valence-electron chi connectivity index (χ4n) is 1.33. The van der Waals surface area contributed by atoms with Crippen molar-refractivity contribution in [3.63, 3.8) is 0 Å². The van der Waals surface area contributed by atoms with Gasteiger partial charge in [-0.3, -0.25) is 0 Å². The highest BCUT2D eigenvalue weighted by Crippen LogP contribution is 2.14. The van der Waals surface area contributed by atoms with Crippen molar-refractivity contribution in [1.29, 1.82) is 0 Å². The molecule has 0 fully saturated rings. The third kappa shape index (κ3) is 4.33. The minimum absolute atomic E-state index is 0.255. The van der Waals surface area contributed by atoms with Crippen LogP contribution in [0.5, 0.6) is 12.0 Å². The lowest BCUT2D eigenvalue weighted by atomic mass is 10.4. The van der Waals surface area contributed by atoms with Gasteiger partial charge in [-0.2, -0.15) is 9.97 Å². The normalized spacial score (nSPS) is 10.2. The topological polar surface area (TPSA) is 72.4 Å². The Morgan fingerprint density at radius 1 is 1.06 bits per heavy atom. The van der Waals surface area contributed by atoms with Crippen molar-refractivity contribution < 1.29 is 9.47 Å². The van der Waals surface area contributed by atoms with Gasteiger partial charge in [-0.1, -0.05) is 6.92 Å². The van der Waals surface area contributed by atoms with Crippen molar-refractivity contribution in [3.05, 3.63) is 0 Å². The van der Waals surface area contributed by atoms with Gasteiger partial charge in [0.25, 0.3) is 0 Å². The number of rotatable bonds is 8. The summed E-state index contributed by atoms with van der Waals surface area (Å²) in [5.41, 5.74) is 0. The van der Waals surface area contributed by atoms with E-state index in [9.17, 15) is 0 Å². The Morgan fingerprint density at radius 3 is 2.17 bits per heavy atom. The molecule has 0 saturated carbocycles. The van der Waals surface area contributed by atoms with Crippen LogP contribution in [-0.4, -0.2) is 55.9 Å². The lowest BCUT2D eigenvalue weighted by Gasteiger charge is -2.17. The Kier molecular flexibility index (Phi) is 6.13. The van der Waals surface area contributed by atoms with E-state index in [0.29, 0.717) is 5.95 Å². The van der Waals surface area contributed by atoms with Crippen LogP contribution in [0.15, 0.2) is 0 Å². The number of nitrogens with one attached hydrogen (secondary N) is 1. The van der Waals surface area contributed by atoms with Gasteiger partial charge in [0, 0.05) is 20.1 Å². The van der Waals surface area contributed by atoms with E-state index in [-0.39, 0.29) is 12.0 Å². The molecule has 0 aliphatic heterocycles. The molecule has 1 N–H and O–H groups in total. The van der Waals surface area contributed by atoms with Crippen LogP contribution < -0.4 is 19.7 Å². The van der Waals surface area contributed by atoms with Gasteiger partial charge >= 0.3 is 12.0 Å². The lowest BCUT2D eigenvalue weighted by molar-refractivity contribution is 0.340. The van der Waals surface area contributed by atoms with Crippen molar-refractivity contribution >= 4 is 5.95 Å². The monoisotopic (exact) mass is 255 g/mol. The van der Waals surface area contributed by atoms with E-state index < -0.39 is 0 Å². The summed E-state index contributed by atoms with van der Waals surface area (Å²) in [5, 5.41) is 3.32. The largest absolute Gasteiger partial charge is 0.467 e. The molecule has 0 atom stereocenters. The Balaban J connectivity index is 2.63. The third-order valence-corrected chi connectivity index (χ3v) is 2.34. The summed E-state index contributed by atoms with van der Waals surface area (Å²) in [6, 6.07) is 0.510. The first kappa shape index (κ1) is 14.4. The fraction of sp³-hybridized carbons (Fsp3) is 0.727. The van der Waals surface area contributed by atoms with Crippen LogP contribution >= 0.6 is 0 Å².